The van der Waals surface area contributed by atoms with E-state index in [0.29, 0.717) is 12.5 Å². The van der Waals surface area contributed by atoms with Gasteiger partial charge in [0, 0.05) is 30.5 Å². The van der Waals surface area contributed by atoms with Gasteiger partial charge in [-0.15, -0.1) is 0 Å². The number of fused-ring (bicyclic) bond motifs is 1. The molecule has 0 saturated carbocycles. The van der Waals surface area contributed by atoms with E-state index in [9.17, 15) is 4.39 Å². The Labute approximate surface area is 124 Å². The van der Waals surface area contributed by atoms with Crippen LogP contribution < -0.4 is 4.74 Å². The maximum Gasteiger partial charge on any atom is 0.212 e. The minimum atomic E-state index is -0.479. The van der Waals surface area contributed by atoms with Crippen LogP contribution in [0.3, 0.4) is 0 Å². The van der Waals surface area contributed by atoms with Gasteiger partial charge < -0.3 is 9.72 Å². The quantitative estimate of drug-likeness (QED) is 0.709. The molecule has 1 N–H and O–H groups in total. The highest BCUT2D eigenvalue weighted by Gasteiger charge is 2.05. The normalized spacial score (nSPS) is 11.2. The molecule has 3 aromatic rings. The Morgan fingerprint density at radius 3 is 2.81 bits per heavy atom. The van der Waals surface area contributed by atoms with Crippen LogP contribution in [0, 0.1) is 5.95 Å². The van der Waals surface area contributed by atoms with Gasteiger partial charge in [0.2, 0.25) is 5.95 Å². The van der Waals surface area contributed by atoms with Gasteiger partial charge in [0.05, 0.1) is 0 Å². The largest absolute Gasteiger partial charge is 0.489 e. The Kier molecular flexibility index (Phi) is 3.60. The first-order valence-electron chi connectivity index (χ1n) is 6.98. The molecule has 4 heteroatoms. The predicted molar refractivity (Wildman–Crippen MR) is 83.0 cm³/mol. The lowest BCUT2D eigenvalue weighted by molar-refractivity contribution is 0.306. The lowest BCUT2D eigenvalue weighted by atomic mass is 10.1. The molecule has 3 nitrogen and oxygen atoms in total. The van der Waals surface area contributed by atoms with Crippen LogP contribution >= 0.6 is 0 Å². The Hall–Kier alpha value is -2.36. The van der Waals surface area contributed by atoms with Crippen molar-refractivity contribution in [2.75, 3.05) is 0 Å². The minimum absolute atomic E-state index is 0. The number of aromatic nitrogens is 2. The number of nitrogens with one attached hydrogen (secondary N) is 1. The average Bonchev–Trinajstić information content (AvgIpc) is 2.90. The smallest absolute Gasteiger partial charge is 0.212 e. The molecule has 0 fully saturated rings. The molecule has 2 aromatic heterocycles. The first-order chi connectivity index (χ1) is 10.1. The standard InChI is InChI=1S/C17H17FN2O.H2/c1-11(2)15-7-13-4-5-14(8-16(13)20-15)21-10-12-3-6-17(18)19-9-12;/h3-9,11,20H,10H2,1-2H3;1H. The second-order valence-corrected chi connectivity index (χ2v) is 5.41. The van der Waals surface area contributed by atoms with Crippen molar-refractivity contribution in [2.45, 2.75) is 26.4 Å². The van der Waals surface area contributed by atoms with Crippen LogP contribution in [0.2, 0.25) is 0 Å². The van der Waals surface area contributed by atoms with E-state index in [1.165, 1.54) is 23.3 Å². The Balaban J connectivity index is 0.00000176. The molecule has 0 spiro atoms. The van der Waals surface area contributed by atoms with Crippen LogP contribution in [0.15, 0.2) is 42.6 Å². The van der Waals surface area contributed by atoms with Gasteiger partial charge in [-0.05, 0) is 41.6 Å². The highest BCUT2D eigenvalue weighted by molar-refractivity contribution is 5.82. The van der Waals surface area contributed by atoms with Crippen molar-refractivity contribution in [2.24, 2.45) is 0 Å². The molecule has 0 aliphatic rings. The number of hydrogen-bond donors (Lipinski definition) is 1. The zero-order valence-corrected chi connectivity index (χ0v) is 12.1. The van der Waals surface area contributed by atoms with Gasteiger partial charge in [-0.3, -0.25) is 0 Å². The van der Waals surface area contributed by atoms with E-state index in [-0.39, 0.29) is 1.43 Å². The predicted octanol–water partition coefficient (Wildman–Crippen LogP) is 4.65. The number of benzene rings is 1. The van der Waals surface area contributed by atoms with Crippen molar-refractivity contribution in [3.8, 4) is 5.75 Å². The monoisotopic (exact) mass is 286 g/mol. The van der Waals surface area contributed by atoms with Gasteiger partial charge in [-0.25, -0.2) is 4.98 Å². The molecule has 0 aliphatic heterocycles. The summed E-state index contributed by atoms with van der Waals surface area (Å²) in [5.41, 5.74) is 3.11. The number of nitrogens with zero attached hydrogens (tertiary/aromatic N) is 1. The molecule has 0 aliphatic carbocycles. The number of aromatic amines is 1. The number of pyridine rings is 1. The van der Waals surface area contributed by atoms with Crippen molar-refractivity contribution in [1.82, 2.24) is 9.97 Å². The van der Waals surface area contributed by atoms with Crippen LogP contribution in [0.5, 0.6) is 5.75 Å². The van der Waals surface area contributed by atoms with Gasteiger partial charge >= 0.3 is 0 Å². The van der Waals surface area contributed by atoms with Gasteiger partial charge in [0.15, 0.2) is 0 Å². The van der Waals surface area contributed by atoms with Crippen molar-refractivity contribution in [1.29, 1.82) is 0 Å². The zero-order chi connectivity index (χ0) is 14.8. The molecule has 1 aromatic carbocycles. The number of H-pyrrole nitrogens is 1. The van der Waals surface area contributed by atoms with Crippen molar-refractivity contribution >= 4 is 10.9 Å². The molecule has 0 saturated heterocycles. The number of hydrogen-bond acceptors (Lipinski definition) is 2. The molecular weight excluding hydrogens is 267 g/mol. The minimum Gasteiger partial charge on any atom is -0.489 e. The van der Waals surface area contributed by atoms with E-state index in [4.69, 9.17) is 4.74 Å². The first kappa shape index (κ1) is 13.6. The van der Waals surface area contributed by atoms with Crippen LogP contribution in [-0.2, 0) is 6.61 Å². The fraction of sp³-hybridized carbons (Fsp3) is 0.235. The lowest BCUT2D eigenvalue weighted by Gasteiger charge is -2.06. The van der Waals surface area contributed by atoms with Crippen molar-refractivity contribution < 1.29 is 10.6 Å². The Morgan fingerprint density at radius 2 is 2.10 bits per heavy atom. The third-order valence-electron chi connectivity index (χ3n) is 3.43. The molecule has 0 bridgehead atoms. The van der Waals surface area contributed by atoms with Gasteiger partial charge in [0.25, 0.3) is 0 Å². The maximum absolute atomic E-state index is 12.7. The third kappa shape index (κ3) is 3.05. The van der Waals surface area contributed by atoms with Gasteiger partial charge in [-0.2, -0.15) is 4.39 Å². The van der Waals surface area contributed by atoms with E-state index in [1.54, 1.807) is 6.07 Å². The molecule has 0 unspecified atom stereocenters. The second kappa shape index (κ2) is 5.56. The van der Waals surface area contributed by atoms with E-state index >= 15 is 0 Å². The molecule has 3 rings (SSSR count). The summed E-state index contributed by atoms with van der Waals surface area (Å²) in [4.78, 5) is 7.01. The van der Waals surface area contributed by atoms with E-state index in [2.05, 4.69) is 29.9 Å². The second-order valence-electron chi connectivity index (χ2n) is 5.41. The number of rotatable bonds is 4. The summed E-state index contributed by atoms with van der Waals surface area (Å²) in [6, 6.07) is 11.1. The number of ether oxygens (including phenoxy) is 1. The summed E-state index contributed by atoms with van der Waals surface area (Å²) in [6.45, 7) is 4.68. The van der Waals surface area contributed by atoms with Crippen LogP contribution in [0.25, 0.3) is 10.9 Å². The van der Waals surface area contributed by atoms with Crippen LogP contribution in [0.1, 0.15) is 32.4 Å². The van der Waals surface area contributed by atoms with Crippen molar-refractivity contribution in [3.05, 3.63) is 59.8 Å². The first-order valence-corrected chi connectivity index (χ1v) is 6.98. The maximum atomic E-state index is 12.7. The van der Waals surface area contributed by atoms with Crippen LogP contribution in [0.4, 0.5) is 4.39 Å². The van der Waals surface area contributed by atoms with Crippen molar-refractivity contribution in [3.63, 3.8) is 0 Å². The van der Waals surface area contributed by atoms with Gasteiger partial charge in [0.1, 0.15) is 12.4 Å². The van der Waals surface area contributed by atoms with Crippen LogP contribution in [-0.4, -0.2) is 9.97 Å². The molecule has 21 heavy (non-hydrogen) atoms. The highest BCUT2D eigenvalue weighted by atomic mass is 19.1. The fourth-order valence-corrected chi connectivity index (χ4v) is 2.19. The van der Waals surface area contributed by atoms with E-state index in [0.717, 1.165) is 16.8 Å². The Bertz CT molecular complexity index is 753. The molecule has 0 radical (unpaired) electrons. The summed E-state index contributed by atoms with van der Waals surface area (Å²) >= 11 is 0. The lowest BCUT2D eigenvalue weighted by Crippen LogP contribution is -1.96. The third-order valence-corrected chi connectivity index (χ3v) is 3.43. The molecule has 0 amide bonds. The fourth-order valence-electron chi connectivity index (χ4n) is 2.19. The summed E-state index contributed by atoms with van der Waals surface area (Å²) in [5, 5.41) is 1.18. The zero-order valence-electron chi connectivity index (χ0n) is 12.1. The summed E-state index contributed by atoms with van der Waals surface area (Å²) in [6.07, 6.45) is 1.49. The summed E-state index contributed by atoms with van der Waals surface area (Å²) < 4.78 is 18.5. The summed E-state index contributed by atoms with van der Waals surface area (Å²) in [7, 11) is 0. The van der Waals surface area contributed by atoms with E-state index < -0.39 is 5.95 Å². The molecular formula is C17H19FN2O. The highest BCUT2D eigenvalue weighted by Crippen LogP contribution is 2.25. The topological polar surface area (TPSA) is 37.9 Å². The molecule has 2 heterocycles. The molecule has 0 atom stereocenters. The van der Waals surface area contributed by atoms with E-state index in [1.807, 2.05) is 18.2 Å². The van der Waals surface area contributed by atoms with Gasteiger partial charge in [-0.1, -0.05) is 13.8 Å². The number of halogens is 1. The Morgan fingerprint density at radius 1 is 1.24 bits per heavy atom. The molecule has 110 valence electrons. The SMILES string of the molecule is CC(C)c1cc2ccc(OCc3ccc(F)nc3)cc2[nH]1.[HH]. The average molecular weight is 286 g/mol. The summed E-state index contributed by atoms with van der Waals surface area (Å²) in [5.74, 6) is 0.767.